The van der Waals surface area contributed by atoms with Crippen LogP contribution in [0.15, 0.2) is 0 Å². The van der Waals surface area contributed by atoms with Gasteiger partial charge in [0.1, 0.15) is 0 Å². The summed E-state index contributed by atoms with van der Waals surface area (Å²) in [5.41, 5.74) is 3.45. The molecular formula is C18H32Cl2N4O. The number of nitrogens with one attached hydrogen (secondary N) is 1. The Labute approximate surface area is 163 Å². The van der Waals surface area contributed by atoms with Gasteiger partial charge in [-0.3, -0.25) is 9.48 Å². The Bertz CT molecular complexity index is 592. The fourth-order valence-electron chi connectivity index (χ4n) is 4.38. The van der Waals surface area contributed by atoms with E-state index in [1.165, 1.54) is 24.1 Å². The van der Waals surface area contributed by atoms with E-state index in [0.717, 1.165) is 25.0 Å². The average molecular weight is 391 g/mol. The smallest absolute Gasteiger partial charge is 0.225 e. The average Bonchev–Trinajstić information content (AvgIpc) is 2.98. The first-order chi connectivity index (χ1) is 10.9. The van der Waals surface area contributed by atoms with Crippen molar-refractivity contribution >= 4 is 30.7 Å². The summed E-state index contributed by atoms with van der Waals surface area (Å²) in [5, 5.41) is 8.12. The van der Waals surface area contributed by atoms with Crippen LogP contribution in [-0.2, 0) is 18.3 Å². The van der Waals surface area contributed by atoms with E-state index in [4.69, 9.17) is 0 Å². The summed E-state index contributed by atoms with van der Waals surface area (Å²) in [6, 6.07) is 1.64. The van der Waals surface area contributed by atoms with Crippen molar-refractivity contribution in [3.63, 3.8) is 0 Å². The van der Waals surface area contributed by atoms with Gasteiger partial charge in [-0.15, -0.1) is 24.8 Å². The van der Waals surface area contributed by atoms with Gasteiger partial charge in [0.25, 0.3) is 0 Å². The number of fused-ring (bicyclic) bond motifs is 2. The number of hydrogen-bond donors (Lipinski definition) is 1. The predicted octanol–water partition coefficient (Wildman–Crippen LogP) is 2.80. The number of nitrogens with zero attached hydrogens (tertiary/aromatic N) is 3. The molecule has 5 nitrogen and oxygen atoms in total. The van der Waals surface area contributed by atoms with Crippen LogP contribution in [0.4, 0.5) is 0 Å². The molecule has 2 bridgehead atoms. The van der Waals surface area contributed by atoms with Crippen LogP contribution in [0.3, 0.4) is 0 Å². The maximum atomic E-state index is 12.9. The molecule has 1 N–H and O–H groups in total. The second kappa shape index (κ2) is 8.74. The van der Waals surface area contributed by atoms with Gasteiger partial charge in [0.05, 0.1) is 5.69 Å². The molecule has 2 aliphatic rings. The number of aromatic nitrogens is 2. The molecule has 3 atom stereocenters. The van der Waals surface area contributed by atoms with Gasteiger partial charge in [0.2, 0.25) is 5.91 Å². The summed E-state index contributed by atoms with van der Waals surface area (Å²) >= 11 is 0. The molecular weight excluding hydrogens is 359 g/mol. The monoisotopic (exact) mass is 390 g/mol. The lowest BCUT2D eigenvalue weighted by Crippen LogP contribution is -2.50. The Morgan fingerprint density at radius 2 is 1.84 bits per heavy atom. The Hall–Kier alpha value is -0.780. The Balaban J connectivity index is 0.00000156. The van der Waals surface area contributed by atoms with E-state index in [1.807, 2.05) is 30.6 Å². The van der Waals surface area contributed by atoms with E-state index >= 15 is 0 Å². The van der Waals surface area contributed by atoms with Crippen molar-refractivity contribution in [2.75, 3.05) is 7.05 Å². The van der Waals surface area contributed by atoms with Crippen molar-refractivity contribution < 1.29 is 4.79 Å². The van der Waals surface area contributed by atoms with E-state index in [2.05, 4.69) is 24.3 Å². The molecule has 1 aromatic rings. The zero-order valence-corrected chi connectivity index (χ0v) is 17.5. The standard InChI is InChI=1S/C18H30N4O.2ClH/c1-11(8-17-12(2)20-22(5)13(17)3)18(23)21(4)16-9-14-6-7-15(10-16)19-14;;/h11,14-16,19H,6-10H2,1-5H3;2*1H. The lowest BCUT2D eigenvalue weighted by atomic mass is 9.94. The number of amides is 1. The third kappa shape index (κ3) is 4.50. The molecule has 2 fully saturated rings. The number of rotatable bonds is 4. The summed E-state index contributed by atoms with van der Waals surface area (Å²) in [4.78, 5) is 14.9. The van der Waals surface area contributed by atoms with E-state index in [9.17, 15) is 4.79 Å². The van der Waals surface area contributed by atoms with E-state index < -0.39 is 0 Å². The van der Waals surface area contributed by atoms with E-state index in [1.54, 1.807) is 0 Å². The second-order valence-corrected chi connectivity index (χ2v) is 7.59. The van der Waals surface area contributed by atoms with Gasteiger partial charge in [-0.2, -0.15) is 5.10 Å². The highest BCUT2D eigenvalue weighted by Gasteiger charge is 2.37. The topological polar surface area (TPSA) is 50.2 Å². The normalized spacial score (nSPS) is 25.7. The number of halogens is 2. The first-order valence-electron chi connectivity index (χ1n) is 8.88. The van der Waals surface area contributed by atoms with Gasteiger partial charge in [-0.05, 0) is 51.5 Å². The maximum Gasteiger partial charge on any atom is 0.225 e. The summed E-state index contributed by atoms with van der Waals surface area (Å²) in [7, 11) is 3.96. The number of carbonyl (C=O) groups is 1. The number of hydrogen-bond acceptors (Lipinski definition) is 3. The fraction of sp³-hybridized carbons (Fsp3) is 0.778. The molecule has 144 valence electrons. The first kappa shape index (κ1) is 22.3. The Morgan fingerprint density at radius 1 is 1.28 bits per heavy atom. The van der Waals surface area contributed by atoms with Crippen molar-refractivity contribution in [3.8, 4) is 0 Å². The fourth-order valence-corrected chi connectivity index (χ4v) is 4.38. The summed E-state index contributed by atoms with van der Waals surface area (Å²) in [6.45, 7) is 6.18. The van der Waals surface area contributed by atoms with Gasteiger partial charge < -0.3 is 10.2 Å². The Kier molecular flexibility index (Phi) is 7.78. The first-order valence-corrected chi connectivity index (χ1v) is 8.88. The zero-order chi connectivity index (χ0) is 16.7. The van der Waals surface area contributed by atoms with Crippen LogP contribution in [0, 0.1) is 19.8 Å². The maximum absolute atomic E-state index is 12.9. The largest absolute Gasteiger partial charge is 0.342 e. The molecule has 0 spiro atoms. The van der Waals surface area contributed by atoms with Gasteiger partial charge in [-0.1, -0.05) is 6.92 Å². The number of carbonyl (C=O) groups excluding carboxylic acids is 1. The Morgan fingerprint density at radius 3 is 2.32 bits per heavy atom. The lowest BCUT2D eigenvalue weighted by molar-refractivity contribution is -0.136. The van der Waals surface area contributed by atoms with Crippen molar-refractivity contribution in [3.05, 3.63) is 17.0 Å². The van der Waals surface area contributed by atoms with Gasteiger partial charge in [0.15, 0.2) is 0 Å². The number of aryl methyl sites for hydroxylation is 2. The molecule has 7 heteroatoms. The molecule has 3 heterocycles. The van der Waals surface area contributed by atoms with E-state index in [-0.39, 0.29) is 36.6 Å². The zero-order valence-electron chi connectivity index (χ0n) is 15.9. The van der Waals surface area contributed by atoms with Crippen molar-refractivity contribution in [1.29, 1.82) is 0 Å². The summed E-state index contributed by atoms with van der Waals surface area (Å²) in [6.07, 6.45) is 5.54. The molecule has 1 amide bonds. The highest BCUT2D eigenvalue weighted by atomic mass is 35.5. The molecule has 0 radical (unpaired) electrons. The number of piperidine rings is 1. The van der Waals surface area contributed by atoms with Crippen LogP contribution < -0.4 is 5.32 Å². The van der Waals surface area contributed by atoms with Crippen molar-refractivity contribution in [2.24, 2.45) is 13.0 Å². The molecule has 1 aromatic heterocycles. The minimum atomic E-state index is 0. The lowest BCUT2D eigenvalue weighted by Gasteiger charge is -2.36. The van der Waals surface area contributed by atoms with Crippen LogP contribution >= 0.6 is 24.8 Å². The molecule has 0 aliphatic carbocycles. The van der Waals surface area contributed by atoms with Gasteiger partial charge in [-0.25, -0.2) is 0 Å². The van der Waals surface area contributed by atoms with Crippen LogP contribution in [0.1, 0.15) is 49.6 Å². The molecule has 25 heavy (non-hydrogen) atoms. The third-order valence-electron chi connectivity index (χ3n) is 5.93. The van der Waals surface area contributed by atoms with Crippen LogP contribution in [0.5, 0.6) is 0 Å². The third-order valence-corrected chi connectivity index (χ3v) is 5.93. The molecule has 2 saturated heterocycles. The quantitative estimate of drug-likeness (QED) is 0.859. The highest BCUT2D eigenvalue weighted by molar-refractivity contribution is 5.85. The van der Waals surface area contributed by atoms with Crippen LogP contribution in [0.2, 0.25) is 0 Å². The summed E-state index contributed by atoms with van der Waals surface area (Å²) in [5.74, 6) is 0.285. The molecule has 0 aromatic carbocycles. The van der Waals surface area contributed by atoms with Crippen LogP contribution in [0.25, 0.3) is 0 Å². The summed E-state index contributed by atoms with van der Waals surface area (Å²) < 4.78 is 1.91. The molecule has 2 aliphatic heterocycles. The van der Waals surface area contributed by atoms with E-state index in [0.29, 0.717) is 18.1 Å². The van der Waals surface area contributed by atoms with Gasteiger partial charge >= 0.3 is 0 Å². The SMILES string of the molecule is Cc1nn(C)c(C)c1CC(C)C(=O)N(C)C1CC2CCC(C1)N2.Cl.Cl. The highest BCUT2D eigenvalue weighted by Crippen LogP contribution is 2.30. The van der Waals surface area contributed by atoms with Crippen molar-refractivity contribution in [2.45, 2.75) is 71.0 Å². The second-order valence-electron chi connectivity index (χ2n) is 7.59. The minimum Gasteiger partial charge on any atom is -0.342 e. The molecule has 3 rings (SSSR count). The molecule has 3 unspecified atom stereocenters. The minimum absolute atomic E-state index is 0. The van der Waals surface area contributed by atoms with Crippen molar-refractivity contribution in [1.82, 2.24) is 20.0 Å². The predicted molar refractivity (Wildman–Crippen MR) is 106 cm³/mol. The van der Waals surface area contributed by atoms with Gasteiger partial charge in [0, 0.05) is 43.8 Å². The molecule has 0 saturated carbocycles. The van der Waals surface area contributed by atoms with Crippen LogP contribution in [-0.4, -0.2) is 45.8 Å².